The van der Waals surface area contributed by atoms with Gasteiger partial charge in [-0.2, -0.15) is 8.42 Å². The molecule has 0 aromatic heterocycles. The van der Waals surface area contributed by atoms with E-state index in [4.69, 9.17) is 0 Å². The summed E-state index contributed by atoms with van der Waals surface area (Å²) in [5.41, 5.74) is 0. The van der Waals surface area contributed by atoms with Crippen molar-refractivity contribution >= 4 is 26.1 Å². The molecule has 9 nitrogen and oxygen atoms in total. The van der Waals surface area contributed by atoms with Gasteiger partial charge in [-0.05, 0) is 6.42 Å². The molecule has 2 N–H and O–H groups in total. The topological polar surface area (TPSA) is 141 Å². The molecule has 3 unspecified atom stereocenters. The first-order valence-electron chi connectivity index (χ1n) is 12.8. The minimum atomic E-state index is -4.55. The zero-order valence-corrected chi connectivity index (χ0v) is 22.7. The SMILES string of the molecule is CCCCCCCCCCCCCCNC(=O)C[N+]1(C)CC(CS(=O)(=O)[O-])C(CS(=O)(=O)O)C1. The summed E-state index contributed by atoms with van der Waals surface area (Å²) in [4.78, 5) is 12.4. The third-order valence-electron chi connectivity index (χ3n) is 6.74. The van der Waals surface area contributed by atoms with Crippen molar-refractivity contribution < 1.29 is 35.2 Å². The Morgan fingerprint density at radius 1 is 0.853 bits per heavy atom. The summed E-state index contributed by atoms with van der Waals surface area (Å²) in [6.07, 6.45) is 14.9. The summed E-state index contributed by atoms with van der Waals surface area (Å²) in [6, 6.07) is 0. The largest absolute Gasteiger partial charge is 0.748 e. The van der Waals surface area contributed by atoms with Crippen LogP contribution in [0.5, 0.6) is 0 Å². The van der Waals surface area contributed by atoms with Crippen molar-refractivity contribution in [1.29, 1.82) is 0 Å². The van der Waals surface area contributed by atoms with E-state index in [0.29, 0.717) is 6.54 Å². The number of amides is 1. The molecule has 1 amide bonds. The van der Waals surface area contributed by atoms with Crippen molar-refractivity contribution in [2.75, 3.05) is 44.7 Å². The molecule has 1 saturated heterocycles. The van der Waals surface area contributed by atoms with Gasteiger partial charge in [0.25, 0.3) is 16.0 Å². The quantitative estimate of drug-likeness (QED) is 0.150. The van der Waals surface area contributed by atoms with Crippen LogP contribution in [-0.2, 0) is 25.0 Å². The van der Waals surface area contributed by atoms with Crippen LogP contribution in [0.2, 0.25) is 0 Å². The second-order valence-electron chi connectivity index (χ2n) is 10.4. The van der Waals surface area contributed by atoms with E-state index < -0.39 is 43.6 Å². The maximum atomic E-state index is 12.4. The van der Waals surface area contributed by atoms with Gasteiger partial charge in [-0.3, -0.25) is 9.35 Å². The Morgan fingerprint density at radius 2 is 1.29 bits per heavy atom. The zero-order valence-electron chi connectivity index (χ0n) is 21.0. The second-order valence-corrected chi connectivity index (χ2v) is 13.3. The third kappa shape index (κ3) is 15.3. The van der Waals surface area contributed by atoms with Crippen LogP contribution < -0.4 is 5.32 Å². The number of hydrogen-bond acceptors (Lipinski definition) is 6. The van der Waals surface area contributed by atoms with Crippen molar-refractivity contribution in [3.8, 4) is 0 Å². The lowest BCUT2D eigenvalue weighted by Gasteiger charge is -2.29. The lowest BCUT2D eigenvalue weighted by atomic mass is 10.0. The van der Waals surface area contributed by atoms with Gasteiger partial charge in [0, 0.05) is 24.1 Å². The van der Waals surface area contributed by atoms with Crippen molar-refractivity contribution in [1.82, 2.24) is 5.32 Å². The highest BCUT2D eigenvalue weighted by Crippen LogP contribution is 2.30. The Balaban J connectivity index is 2.25. The Kier molecular flexibility index (Phi) is 14.2. The minimum Gasteiger partial charge on any atom is -0.748 e. The van der Waals surface area contributed by atoms with Crippen LogP contribution in [-0.4, -0.2) is 81.1 Å². The number of carbonyl (C=O) groups is 1. The Hall–Kier alpha value is -0.750. The zero-order chi connectivity index (χ0) is 25.7. The van der Waals surface area contributed by atoms with Gasteiger partial charge in [-0.1, -0.05) is 77.6 Å². The minimum absolute atomic E-state index is 0.0790. The summed E-state index contributed by atoms with van der Waals surface area (Å²) in [6.45, 7) is 3.30. The fraction of sp³-hybridized carbons (Fsp3) is 0.957. The molecule has 1 heterocycles. The summed E-state index contributed by atoms with van der Waals surface area (Å²) in [7, 11) is -7.12. The molecule has 0 spiro atoms. The highest BCUT2D eigenvalue weighted by atomic mass is 32.2. The van der Waals surface area contributed by atoms with Gasteiger partial charge < -0.3 is 14.4 Å². The first-order chi connectivity index (χ1) is 15.8. The van der Waals surface area contributed by atoms with E-state index in [2.05, 4.69) is 12.2 Å². The number of likely N-dealkylation sites (tertiary alicyclic amines) is 1. The summed E-state index contributed by atoms with van der Waals surface area (Å²) >= 11 is 0. The predicted octanol–water partition coefficient (Wildman–Crippen LogP) is 2.93. The smallest absolute Gasteiger partial charge is 0.275 e. The molecule has 34 heavy (non-hydrogen) atoms. The van der Waals surface area contributed by atoms with E-state index in [1.165, 1.54) is 57.8 Å². The van der Waals surface area contributed by atoms with Crippen molar-refractivity contribution in [3.05, 3.63) is 0 Å². The number of carbonyl (C=O) groups excluding carboxylic acids is 1. The summed E-state index contributed by atoms with van der Waals surface area (Å²) in [5.74, 6) is -2.88. The number of unbranched alkanes of at least 4 members (excludes halogenated alkanes) is 11. The number of nitrogens with zero attached hydrogens (tertiary/aromatic N) is 1. The first kappa shape index (κ1) is 31.3. The van der Waals surface area contributed by atoms with Crippen LogP contribution in [0.4, 0.5) is 0 Å². The Bertz CT molecular complexity index is 758. The lowest BCUT2D eigenvalue weighted by molar-refractivity contribution is -0.892. The van der Waals surface area contributed by atoms with Crippen LogP contribution in [0, 0.1) is 11.8 Å². The number of nitrogens with one attached hydrogen (secondary N) is 1. The van der Waals surface area contributed by atoms with Crippen LogP contribution in [0.1, 0.15) is 84.0 Å². The van der Waals surface area contributed by atoms with E-state index in [1.54, 1.807) is 7.05 Å². The van der Waals surface area contributed by atoms with E-state index in [9.17, 15) is 30.7 Å². The van der Waals surface area contributed by atoms with Gasteiger partial charge in [0.05, 0.1) is 36.0 Å². The highest BCUT2D eigenvalue weighted by molar-refractivity contribution is 7.86. The standard InChI is InChI=1S/C23H46N2O7S2/c1-3-4-5-6-7-8-9-10-11-12-13-14-15-24-23(26)18-25(2)16-21(19-33(27,28)29)22(17-25)20-34(30,31)32/h21-22H,3-20H2,1-2H3,(H2-,24,26,27,28,29,30,31,32). The van der Waals surface area contributed by atoms with Crippen LogP contribution in [0.3, 0.4) is 0 Å². The second kappa shape index (κ2) is 15.4. The first-order valence-corrected chi connectivity index (χ1v) is 16.0. The molecule has 0 aliphatic carbocycles. The van der Waals surface area contributed by atoms with Crippen molar-refractivity contribution in [3.63, 3.8) is 0 Å². The average Bonchev–Trinajstić information content (AvgIpc) is 2.96. The van der Waals surface area contributed by atoms with Crippen molar-refractivity contribution in [2.24, 2.45) is 11.8 Å². The van der Waals surface area contributed by atoms with E-state index in [-0.39, 0.29) is 30.0 Å². The third-order valence-corrected chi connectivity index (χ3v) is 8.42. The van der Waals surface area contributed by atoms with Gasteiger partial charge in [0.2, 0.25) is 0 Å². The Morgan fingerprint density at radius 3 is 1.74 bits per heavy atom. The molecule has 0 aromatic rings. The Labute approximate surface area is 207 Å². The molecule has 202 valence electrons. The highest BCUT2D eigenvalue weighted by Gasteiger charge is 2.45. The number of likely N-dealkylation sites (N-methyl/N-ethyl adjacent to an activating group) is 1. The molecule has 0 aromatic carbocycles. The molecule has 1 rings (SSSR count). The van der Waals surface area contributed by atoms with Gasteiger partial charge in [0.15, 0.2) is 6.54 Å². The maximum absolute atomic E-state index is 12.4. The van der Waals surface area contributed by atoms with Gasteiger partial charge in [-0.15, -0.1) is 0 Å². The van der Waals surface area contributed by atoms with Gasteiger partial charge >= 0.3 is 0 Å². The van der Waals surface area contributed by atoms with Crippen molar-refractivity contribution in [2.45, 2.75) is 84.0 Å². The fourth-order valence-electron chi connectivity index (χ4n) is 5.14. The molecule has 1 fully saturated rings. The maximum Gasteiger partial charge on any atom is 0.275 e. The van der Waals surface area contributed by atoms with Gasteiger partial charge in [0.1, 0.15) is 0 Å². The summed E-state index contributed by atoms with van der Waals surface area (Å²) < 4.78 is 65.7. The fourth-order valence-corrected chi connectivity index (χ4v) is 6.96. The molecule has 1 aliphatic heterocycles. The van der Waals surface area contributed by atoms with Crippen LogP contribution in [0.25, 0.3) is 0 Å². The van der Waals surface area contributed by atoms with Crippen LogP contribution >= 0.6 is 0 Å². The van der Waals surface area contributed by atoms with Crippen LogP contribution in [0.15, 0.2) is 0 Å². The van der Waals surface area contributed by atoms with E-state index in [0.717, 1.165) is 19.3 Å². The van der Waals surface area contributed by atoms with E-state index in [1.807, 2.05) is 0 Å². The van der Waals surface area contributed by atoms with E-state index >= 15 is 0 Å². The molecule has 0 radical (unpaired) electrons. The van der Waals surface area contributed by atoms with Gasteiger partial charge in [-0.25, -0.2) is 8.42 Å². The average molecular weight is 527 g/mol. The molecule has 1 aliphatic rings. The number of rotatable bonds is 19. The molecule has 0 bridgehead atoms. The monoisotopic (exact) mass is 526 g/mol. The predicted molar refractivity (Wildman–Crippen MR) is 133 cm³/mol. The lowest BCUT2D eigenvalue weighted by Crippen LogP contribution is -2.49. The normalized spacial score (nSPS) is 23.3. The molecule has 0 saturated carbocycles. The molecule has 3 atom stereocenters. The number of hydrogen-bond donors (Lipinski definition) is 2. The molecular formula is C23H46N2O7S2. The molecule has 11 heteroatoms. The summed E-state index contributed by atoms with van der Waals surface area (Å²) in [5, 5.41) is 2.89. The molecular weight excluding hydrogens is 480 g/mol. The number of quaternary nitrogens is 1.